The summed E-state index contributed by atoms with van der Waals surface area (Å²) in [5.74, 6) is 2.46. The Morgan fingerprint density at radius 3 is 2.40 bits per heavy atom. The predicted molar refractivity (Wildman–Crippen MR) is 95.7 cm³/mol. The zero-order valence-corrected chi connectivity index (χ0v) is 14.7. The van der Waals surface area contributed by atoms with E-state index in [4.69, 9.17) is 9.47 Å². The van der Waals surface area contributed by atoms with Gasteiger partial charge in [0, 0.05) is 18.2 Å². The maximum Gasteiger partial charge on any atom is 0.308 e. The highest BCUT2D eigenvalue weighted by Crippen LogP contribution is 2.24. The highest BCUT2D eigenvalue weighted by atomic mass is 32.2. The molecule has 0 amide bonds. The van der Waals surface area contributed by atoms with E-state index in [-0.39, 0.29) is 5.97 Å². The number of thioether (sulfide) groups is 1. The topological polar surface area (TPSA) is 77.1 Å². The standard InChI is InChI=1S/C18H17N3O3S/c1-12(22)24-16-7-3-13(4-8-16)11-25-18-19-17(20-21-18)14-5-9-15(23-2)10-6-14/h3-10H,11H2,1-2H3,(H,19,20,21). The van der Waals surface area contributed by atoms with E-state index < -0.39 is 0 Å². The van der Waals surface area contributed by atoms with Crippen LogP contribution in [-0.4, -0.2) is 28.3 Å². The molecular formula is C18H17N3O3S. The molecule has 0 unspecified atom stereocenters. The van der Waals surface area contributed by atoms with E-state index in [1.165, 1.54) is 18.7 Å². The van der Waals surface area contributed by atoms with Gasteiger partial charge in [0.2, 0.25) is 5.16 Å². The van der Waals surface area contributed by atoms with Crippen LogP contribution in [-0.2, 0) is 10.5 Å². The molecule has 2 aromatic carbocycles. The van der Waals surface area contributed by atoms with E-state index in [2.05, 4.69) is 15.2 Å². The van der Waals surface area contributed by atoms with Crippen molar-refractivity contribution in [1.82, 2.24) is 15.2 Å². The van der Waals surface area contributed by atoms with Gasteiger partial charge in [-0.15, -0.1) is 5.10 Å². The molecule has 128 valence electrons. The number of rotatable bonds is 6. The van der Waals surface area contributed by atoms with Gasteiger partial charge < -0.3 is 9.47 Å². The molecule has 3 rings (SSSR count). The number of hydrogen-bond acceptors (Lipinski definition) is 6. The van der Waals surface area contributed by atoms with Crippen LogP contribution >= 0.6 is 11.8 Å². The fourth-order valence-electron chi connectivity index (χ4n) is 2.16. The van der Waals surface area contributed by atoms with Crippen molar-refractivity contribution in [3.8, 4) is 22.9 Å². The summed E-state index contributed by atoms with van der Waals surface area (Å²) in [7, 11) is 1.64. The zero-order valence-electron chi connectivity index (χ0n) is 13.9. The lowest BCUT2D eigenvalue weighted by atomic mass is 10.2. The highest BCUT2D eigenvalue weighted by Gasteiger charge is 2.07. The molecule has 0 atom stereocenters. The molecule has 1 heterocycles. The Hall–Kier alpha value is -2.80. The van der Waals surface area contributed by atoms with Gasteiger partial charge in [0.25, 0.3) is 0 Å². The summed E-state index contributed by atoms with van der Waals surface area (Å²) < 4.78 is 10.2. The number of aromatic nitrogens is 3. The Balaban J connectivity index is 1.60. The first-order valence-electron chi connectivity index (χ1n) is 7.61. The normalized spacial score (nSPS) is 10.5. The zero-order chi connectivity index (χ0) is 17.6. The molecule has 1 N–H and O–H groups in total. The number of nitrogens with one attached hydrogen (secondary N) is 1. The summed E-state index contributed by atoms with van der Waals surface area (Å²) in [5.41, 5.74) is 2.04. The Morgan fingerprint density at radius 2 is 1.76 bits per heavy atom. The van der Waals surface area contributed by atoms with E-state index in [0.29, 0.717) is 10.9 Å². The maximum atomic E-state index is 10.9. The molecule has 7 heteroatoms. The summed E-state index contributed by atoms with van der Waals surface area (Å²) in [6.07, 6.45) is 0. The Labute approximate surface area is 149 Å². The predicted octanol–water partition coefficient (Wildman–Crippen LogP) is 3.70. The molecule has 0 bridgehead atoms. The quantitative estimate of drug-likeness (QED) is 0.413. The average Bonchev–Trinajstić information content (AvgIpc) is 3.10. The number of ether oxygens (including phenoxy) is 2. The molecule has 0 spiro atoms. The monoisotopic (exact) mass is 355 g/mol. The second-order valence-electron chi connectivity index (χ2n) is 5.22. The van der Waals surface area contributed by atoms with Crippen molar-refractivity contribution in [1.29, 1.82) is 0 Å². The second-order valence-corrected chi connectivity index (χ2v) is 6.16. The van der Waals surface area contributed by atoms with E-state index in [1.54, 1.807) is 19.2 Å². The molecule has 0 saturated heterocycles. The largest absolute Gasteiger partial charge is 0.497 e. The van der Waals surface area contributed by atoms with Crippen molar-refractivity contribution >= 4 is 17.7 Å². The van der Waals surface area contributed by atoms with E-state index >= 15 is 0 Å². The van der Waals surface area contributed by atoms with Gasteiger partial charge in [-0.25, -0.2) is 4.98 Å². The molecule has 0 aliphatic rings. The smallest absolute Gasteiger partial charge is 0.308 e. The van der Waals surface area contributed by atoms with E-state index in [9.17, 15) is 4.79 Å². The number of carbonyl (C=O) groups is 1. The number of esters is 1. The molecule has 0 saturated carbocycles. The molecule has 0 aliphatic carbocycles. The molecule has 6 nitrogen and oxygen atoms in total. The lowest BCUT2D eigenvalue weighted by Crippen LogP contribution is -2.00. The van der Waals surface area contributed by atoms with Crippen LogP contribution in [0.2, 0.25) is 0 Å². The first kappa shape index (κ1) is 17.0. The number of nitrogens with zero attached hydrogens (tertiary/aromatic N) is 2. The lowest BCUT2D eigenvalue weighted by molar-refractivity contribution is -0.131. The molecule has 0 fully saturated rings. The van der Waals surface area contributed by atoms with Crippen LogP contribution in [0.5, 0.6) is 11.5 Å². The van der Waals surface area contributed by atoms with Crippen LogP contribution in [0.15, 0.2) is 53.7 Å². The van der Waals surface area contributed by atoms with Gasteiger partial charge in [0.05, 0.1) is 7.11 Å². The van der Waals surface area contributed by atoms with Crippen molar-refractivity contribution in [3.63, 3.8) is 0 Å². The Kier molecular flexibility index (Phi) is 5.35. The Morgan fingerprint density at radius 1 is 1.08 bits per heavy atom. The first-order chi connectivity index (χ1) is 12.1. The number of aromatic amines is 1. The minimum absolute atomic E-state index is 0.325. The fraction of sp³-hybridized carbons (Fsp3) is 0.167. The molecule has 1 aromatic heterocycles. The first-order valence-corrected chi connectivity index (χ1v) is 8.59. The molecule has 25 heavy (non-hydrogen) atoms. The number of H-pyrrole nitrogens is 1. The van der Waals surface area contributed by atoms with Crippen LogP contribution in [0.4, 0.5) is 0 Å². The summed E-state index contributed by atoms with van der Waals surface area (Å²) >= 11 is 1.53. The summed E-state index contributed by atoms with van der Waals surface area (Å²) in [6.45, 7) is 1.38. The fourth-order valence-corrected chi connectivity index (χ4v) is 2.91. The van der Waals surface area contributed by atoms with Crippen molar-refractivity contribution in [2.24, 2.45) is 0 Å². The second kappa shape index (κ2) is 7.85. The van der Waals surface area contributed by atoms with Gasteiger partial charge >= 0.3 is 5.97 Å². The van der Waals surface area contributed by atoms with Crippen LogP contribution < -0.4 is 9.47 Å². The van der Waals surface area contributed by atoms with Crippen LogP contribution in [0, 0.1) is 0 Å². The van der Waals surface area contributed by atoms with E-state index in [0.717, 1.165) is 28.5 Å². The number of benzene rings is 2. The van der Waals surface area contributed by atoms with Crippen molar-refractivity contribution in [2.45, 2.75) is 17.8 Å². The van der Waals surface area contributed by atoms with Gasteiger partial charge in [0.15, 0.2) is 5.82 Å². The van der Waals surface area contributed by atoms with Crippen molar-refractivity contribution in [3.05, 3.63) is 54.1 Å². The minimum atomic E-state index is -0.325. The molecule has 0 radical (unpaired) electrons. The van der Waals surface area contributed by atoms with Gasteiger partial charge in [-0.2, -0.15) is 0 Å². The SMILES string of the molecule is COc1ccc(-c2nc(SCc3ccc(OC(C)=O)cc3)n[nH]2)cc1. The maximum absolute atomic E-state index is 10.9. The molecule has 0 aliphatic heterocycles. The average molecular weight is 355 g/mol. The van der Waals surface area contributed by atoms with Gasteiger partial charge in [-0.3, -0.25) is 9.89 Å². The molecule has 3 aromatic rings. The van der Waals surface area contributed by atoms with Crippen molar-refractivity contribution in [2.75, 3.05) is 7.11 Å². The Bertz CT molecular complexity index is 845. The third-order valence-corrected chi connectivity index (χ3v) is 4.30. The minimum Gasteiger partial charge on any atom is -0.497 e. The van der Waals surface area contributed by atoms with Crippen LogP contribution in [0.25, 0.3) is 11.4 Å². The third kappa shape index (κ3) is 4.60. The molecular weight excluding hydrogens is 338 g/mol. The number of hydrogen-bond donors (Lipinski definition) is 1. The van der Waals surface area contributed by atoms with Crippen LogP contribution in [0.3, 0.4) is 0 Å². The van der Waals surface area contributed by atoms with Crippen LogP contribution in [0.1, 0.15) is 12.5 Å². The highest BCUT2D eigenvalue weighted by molar-refractivity contribution is 7.98. The van der Waals surface area contributed by atoms with E-state index in [1.807, 2.05) is 36.4 Å². The summed E-state index contributed by atoms with van der Waals surface area (Å²) in [6, 6.07) is 15.0. The van der Waals surface area contributed by atoms with Gasteiger partial charge in [-0.05, 0) is 42.0 Å². The summed E-state index contributed by atoms with van der Waals surface area (Å²) in [4.78, 5) is 15.4. The lowest BCUT2D eigenvalue weighted by Gasteiger charge is -2.02. The number of carbonyl (C=O) groups excluding carboxylic acids is 1. The third-order valence-electron chi connectivity index (χ3n) is 3.38. The van der Waals surface area contributed by atoms with Gasteiger partial charge in [0.1, 0.15) is 11.5 Å². The van der Waals surface area contributed by atoms with Gasteiger partial charge in [-0.1, -0.05) is 23.9 Å². The number of methoxy groups -OCH3 is 1. The van der Waals surface area contributed by atoms with Crippen molar-refractivity contribution < 1.29 is 14.3 Å². The summed E-state index contributed by atoms with van der Waals surface area (Å²) in [5, 5.41) is 7.86.